The van der Waals surface area contributed by atoms with Crippen molar-refractivity contribution < 1.29 is 24.7 Å². The Hall–Kier alpha value is -0.830. The Morgan fingerprint density at radius 1 is 1.05 bits per heavy atom. The van der Waals surface area contributed by atoms with Gasteiger partial charge in [-0.2, -0.15) is 0 Å². The normalized spacial score (nSPS) is 30.6. The second-order valence-corrected chi connectivity index (χ2v) is 4.77. The Balaban J connectivity index is 3.48. The minimum Gasteiger partial charge on any atom is -0.0622 e. The highest BCUT2D eigenvalue weighted by atomic mass is 127. The van der Waals surface area contributed by atoms with Crippen molar-refractivity contribution in [1.29, 1.82) is 0 Å². The third kappa shape index (κ3) is 3.02. The van der Waals surface area contributed by atoms with Crippen molar-refractivity contribution in [2.75, 3.05) is 0 Å². The number of hydrogen-bond acceptors (Lipinski definition) is 0. The molecule has 0 radical (unpaired) electrons. The molecule has 100 valence electrons. The molecule has 0 bridgehead atoms. The molecule has 0 saturated carbocycles. The van der Waals surface area contributed by atoms with Crippen LogP contribution in [-0.2, 0) is 0 Å². The van der Waals surface area contributed by atoms with Crippen LogP contribution in [0.3, 0.4) is 0 Å². The molecule has 0 fully saturated rings. The molecule has 0 aliphatic rings. The summed E-state index contributed by atoms with van der Waals surface area (Å²) < 4.78 is 145. The van der Waals surface area contributed by atoms with Gasteiger partial charge in [0.15, 0.2) is 0 Å². The van der Waals surface area contributed by atoms with Crippen LogP contribution in [0.1, 0.15) is 75.1 Å². The SMILES string of the molecule is [2H]c1c([2H])c([2H])c(-c2c([2H])c([2H])c(C([2H])(C)C([2H])([2H])[2H])c(I)c2C([2H])(C([2H])([2H])[2H])C([2H])([2H])[2H])c([2H])c1[2H]. The lowest BCUT2D eigenvalue weighted by atomic mass is 9.88. The summed E-state index contributed by atoms with van der Waals surface area (Å²) in [6.45, 7) is -9.67. The van der Waals surface area contributed by atoms with Gasteiger partial charge in [0.05, 0.1) is 9.60 Å². The van der Waals surface area contributed by atoms with E-state index in [1.54, 1.807) is 0 Å². The number of halogens is 1. The van der Waals surface area contributed by atoms with E-state index in [9.17, 15) is 0 Å². The monoisotopic (exact) mass is 382 g/mol. The first-order valence-electron chi connectivity index (χ1n) is 14.2. The van der Waals surface area contributed by atoms with E-state index in [2.05, 4.69) is 0 Å². The van der Waals surface area contributed by atoms with Gasteiger partial charge in [0.25, 0.3) is 0 Å². The smallest absolute Gasteiger partial charge is 0.0622 e. The van der Waals surface area contributed by atoms with Gasteiger partial charge in [-0.05, 0) is 56.6 Å². The van der Waals surface area contributed by atoms with Gasteiger partial charge >= 0.3 is 0 Å². The summed E-state index contributed by atoms with van der Waals surface area (Å²) in [5.74, 6) is -6.31. The Labute approximate surface area is 155 Å². The molecular weight excluding hydrogens is 343 g/mol. The molecule has 0 N–H and O–H groups in total. The largest absolute Gasteiger partial charge is 0.0629 e. The van der Waals surface area contributed by atoms with Crippen LogP contribution in [-0.4, -0.2) is 0 Å². The molecule has 1 heteroatoms. The molecule has 1 unspecified atom stereocenters. The minimum absolute atomic E-state index is 0.628. The predicted octanol–water partition coefficient (Wildman–Crippen LogP) is 6.21. The number of hydrogen-bond donors (Lipinski definition) is 0. The molecule has 0 saturated heterocycles. The topological polar surface area (TPSA) is 0 Å². The summed E-state index contributed by atoms with van der Waals surface area (Å²) in [5, 5.41) is 0. The van der Waals surface area contributed by atoms with E-state index in [0.29, 0.717) is 0 Å². The highest BCUT2D eigenvalue weighted by Crippen LogP contribution is 2.36. The predicted molar refractivity (Wildman–Crippen MR) is 92.8 cm³/mol. The van der Waals surface area contributed by atoms with Crippen LogP contribution < -0.4 is 0 Å². The average molecular weight is 382 g/mol. The van der Waals surface area contributed by atoms with Crippen molar-refractivity contribution in [2.45, 2.75) is 39.3 Å². The van der Waals surface area contributed by atoms with Crippen LogP contribution >= 0.6 is 22.6 Å². The summed E-state index contributed by atoms with van der Waals surface area (Å²) in [5.41, 5.74) is -3.53. The van der Waals surface area contributed by atoms with Crippen LogP contribution in [0.2, 0.25) is 0 Å². The van der Waals surface area contributed by atoms with E-state index in [4.69, 9.17) is 24.7 Å². The van der Waals surface area contributed by atoms with E-state index in [0.717, 1.165) is 6.92 Å². The van der Waals surface area contributed by atoms with Crippen molar-refractivity contribution in [3.05, 3.63) is 57.0 Å². The van der Waals surface area contributed by atoms with Gasteiger partial charge in [0.1, 0.15) is 0 Å². The molecule has 0 aliphatic heterocycles. The van der Waals surface area contributed by atoms with Gasteiger partial charge in [-0.15, -0.1) is 0 Å². The van der Waals surface area contributed by atoms with Gasteiger partial charge in [0.2, 0.25) is 0 Å². The van der Waals surface area contributed by atoms with Crippen molar-refractivity contribution in [1.82, 2.24) is 0 Å². The molecule has 1 atom stereocenters. The van der Waals surface area contributed by atoms with Crippen LogP contribution in [0.5, 0.6) is 0 Å². The molecule has 2 aromatic rings. The lowest BCUT2D eigenvalue weighted by Crippen LogP contribution is -2.02. The summed E-state index contributed by atoms with van der Waals surface area (Å²) in [6.07, 6.45) is 0. The molecule has 19 heavy (non-hydrogen) atoms. The Morgan fingerprint density at radius 3 is 2.37 bits per heavy atom. The highest BCUT2D eigenvalue weighted by molar-refractivity contribution is 14.1. The van der Waals surface area contributed by atoms with E-state index in [1.165, 1.54) is 22.6 Å². The quantitative estimate of drug-likeness (QED) is 0.554. The van der Waals surface area contributed by atoms with Gasteiger partial charge < -0.3 is 0 Å². The molecule has 0 aliphatic carbocycles. The molecule has 2 rings (SSSR count). The zero-order valence-corrected chi connectivity index (χ0v) is 12.0. The van der Waals surface area contributed by atoms with E-state index in [1.807, 2.05) is 0 Å². The van der Waals surface area contributed by atoms with E-state index in [-0.39, 0.29) is 0 Å². The Bertz CT molecular complexity index is 1210. The fourth-order valence-electron chi connectivity index (χ4n) is 1.53. The fourth-order valence-corrected chi connectivity index (χ4v) is 2.61. The highest BCUT2D eigenvalue weighted by Gasteiger charge is 2.16. The second kappa shape index (κ2) is 6.08. The average Bonchev–Trinajstić information content (AvgIpc) is 2.71. The third-order valence-electron chi connectivity index (χ3n) is 2.38. The van der Waals surface area contributed by atoms with Gasteiger partial charge in [0, 0.05) is 18.6 Å². The van der Waals surface area contributed by atoms with Gasteiger partial charge in [-0.25, -0.2) is 0 Å². The molecule has 0 aromatic heterocycles. The maximum atomic E-state index is 8.78. The first-order valence-corrected chi connectivity index (χ1v) is 6.27. The maximum absolute atomic E-state index is 8.78. The summed E-state index contributed by atoms with van der Waals surface area (Å²) >= 11 is 1.31. The van der Waals surface area contributed by atoms with Crippen molar-refractivity contribution in [3.8, 4) is 11.1 Å². The second-order valence-electron chi connectivity index (χ2n) is 3.69. The summed E-state index contributed by atoms with van der Waals surface area (Å²) in [4.78, 5) is 0. The third-order valence-corrected chi connectivity index (χ3v) is 3.46. The van der Waals surface area contributed by atoms with Crippen molar-refractivity contribution in [2.24, 2.45) is 0 Å². The van der Waals surface area contributed by atoms with Crippen LogP contribution in [0.4, 0.5) is 0 Å². The fraction of sp³-hybridized carbons (Fsp3) is 0.333. The zero-order valence-electron chi connectivity index (χ0n) is 27.9. The molecule has 0 spiro atoms. The molecule has 2 aromatic carbocycles. The van der Waals surface area contributed by atoms with Crippen molar-refractivity contribution in [3.63, 3.8) is 0 Å². The minimum atomic E-state index is -3.69. The van der Waals surface area contributed by atoms with Crippen LogP contribution in [0.25, 0.3) is 11.1 Å². The molecule has 0 nitrogen and oxygen atoms in total. The Morgan fingerprint density at radius 2 is 1.74 bits per heavy atom. The molecular formula is C18H21I. The zero-order chi connectivity index (χ0) is 29.4. The number of benzene rings is 2. The van der Waals surface area contributed by atoms with Gasteiger partial charge in [-0.3, -0.25) is 0 Å². The Kier molecular flexibility index (Phi) is 1.24. The van der Waals surface area contributed by atoms with E-state index >= 15 is 0 Å². The van der Waals surface area contributed by atoms with Crippen LogP contribution in [0, 0.1) is 3.57 Å². The molecule has 0 amide bonds. The summed E-state index contributed by atoms with van der Waals surface area (Å²) in [6, 6.07) is -6.59. The van der Waals surface area contributed by atoms with Gasteiger partial charge in [-0.1, -0.05) is 69.8 Å². The lowest BCUT2D eigenvalue weighted by Gasteiger charge is -2.20. The van der Waals surface area contributed by atoms with E-state index < -0.39 is 100 Å². The maximum Gasteiger partial charge on any atom is 0.0629 e. The lowest BCUT2D eigenvalue weighted by molar-refractivity contribution is 0.824. The first kappa shape index (κ1) is 3.88. The van der Waals surface area contributed by atoms with Crippen molar-refractivity contribution >= 4 is 22.6 Å². The first-order chi connectivity index (χ1) is 16.3. The molecule has 0 heterocycles. The summed E-state index contributed by atoms with van der Waals surface area (Å²) in [7, 11) is 0. The standard InChI is InChI=1S/C18H21I/c1-12(2)15-10-11-16(14-8-6-5-7-9-14)17(13(3)4)18(15)19/h5-13H,1-4H3/i1D3,3D3,4D3,5D,6D,7D,8D,9D,10D,11D,12D,13D. The van der Waals surface area contributed by atoms with Crippen LogP contribution in [0.15, 0.2) is 42.3 Å². The number of rotatable bonds is 3.